The van der Waals surface area contributed by atoms with Crippen LogP contribution in [0.3, 0.4) is 0 Å². The predicted octanol–water partition coefficient (Wildman–Crippen LogP) is 3.43. The van der Waals surface area contributed by atoms with Crippen LogP contribution in [0.25, 0.3) is 0 Å². The Labute approximate surface area is 119 Å². The summed E-state index contributed by atoms with van der Waals surface area (Å²) in [6, 6.07) is 3.81. The first-order chi connectivity index (χ1) is 8.89. The van der Waals surface area contributed by atoms with E-state index in [1.54, 1.807) is 0 Å². The number of nitrogens with zero attached hydrogens (tertiary/aromatic N) is 1. The third kappa shape index (κ3) is 3.49. The van der Waals surface area contributed by atoms with E-state index in [-0.39, 0.29) is 6.04 Å². The van der Waals surface area contributed by atoms with Crippen LogP contribution in [0.5, 0.6) is 0 Å². The molecular weight excluding hydrogens is 321 g/mol. The third-order valence-electron chi connectivity index (χ3n) is 3.47. The van der Waals surface area contributed by atoms with Gasteiger partial charge in [0, 0.05) is 36.7 Å². The van der Waals surface area contributed by atoms with Crippen LogP contribution in [0.1, 0.15) is 24.1 Å². The molecule has 19 heavy (non-hydrogen) atoms. The predicted molar refractivity (Wildman–Crippen MR) is 72.0 cm³/mol. The molecule has 106 valence electrons. The summed E-state index contributed by atoms with van der Waals surface area (Å²) in [6.45, 7) is 5.40. The van der Waals surface area contributed by atoms with Crippen LogP contribution in [-0.2, 0) is 6.18 Å². The van der Waals surface area contributed by atoms with Gasteiger partial charge in [-0.25, -0.2) is 0 Å². The number of alkyl halides is 3. The zero-order chi connectivity index (χ0) is 14.0. The van der Waals surface area contributed by atoms with Crippen molar-refractivity contribution < 1.29 is 13.2 Å². The Morgan fingerprint density at radius 2 is 1.89 bits per heavy atom. The number of rotatable bonds is 2. The van der Waals surface area contributed by atoms with Crippen LogP contribution in [-0.4, -0.2) is 31.1 Å². The van der Waals surface area contributed by atoms with Crippen LogP contribution < -0.4 is 5.32 Å². The lowest BCUT2D eigenvalue weighted by Crippen LogP contribution is -2.44. The smallest absolute Gasteiger partial charge is 0.314 e. The summed E-state index contributed by atoms with van der Waals surface area (Å²) in [5.74, 6) is 0. The molecule has 1 aliphatic heterocycles. The summed E-state index contributed by atoms with van der Waals surface area (Å²) in [6.07, 6.45) is -4.29. The van der Waals surface area contributed by atoms with E-state index in [1.807, 2.05) is 6.92 Å². The van der Waals surface area contributed by atoms with Crippen molar-refractivity contribution in [1.82, 2.24) is 10.2 Å². The van der Waals surface area contributed by atoms with Crippen molar-refractivity contribution in [1.29, 1.82) is 0 Å². The summed E-state index contributed by atoms with van der Waals surface area (Å²) in [5, 5.41) is 3.24. The summed E-state index contributed by atoms with van der Waals surface area (Å²) >= 11 is 3.35. The van der Waals surface area contributed by atoms with Crippen molar-refractivity contribution >= 4 is 15.9 Å². The van der Waals surface area contributed by atoms with Crippen molar-refractivity contribution in [3.05, 3.63) is 33.8 Å². The highest BCUT2D eigenvalue weighted by Crippen LogP contribution is 2.35. The van der Waals surface area contributed by atoms with Crippen LogP contribution in [0.2, 0.25) is 0 Å². The highest BCUT2D eigenvalue weighted by atomic mass is 79.9. The third-order valence-corrected chi connectivity index (χ3v) is 4.19. The summed E-state index contributed by atoms with van der Waals surface area (Å²) in [5.41, 5.74) is 0.101. The molecule has 2 nitrogen and oxygen atoms in total. The molecule has 1 aliphatic rings. The van der Waals surface area contributed by atoms with Crippen LogP contribution >= 0.6 is 15.9 Å². The first-order valence-electron chi connectivity index (χ1n) is 6.21. The Bertz CT molecular complexity index is 442. The zero-order valence-electron chi connectivity index (χ0n) is 10.6. The van der Waals surface area contributed by atoms with E-state index in [4.69, 9.17) is 0 Å². The van der Waals surface area contributed by atoms with Crippen LogP contribution in [0.4, 0.5) is 13.2 Å². The molecule has 0 spiro atoms. The molecule has 0 saturated carbocycles. The van der Waals surface area contributed by atoms with Crippen molar-refractivity contribution in [3.63, 3.8) is 0 Å². The fourth-order valence-corrected chi connectivity index (χ4v) is 2.88. The first-order valence-corrected chi connectivity index (χ1v) is 7.00. The Morgan fingerprint density at radius 3 is 2.47 bits per heavy atom. The second kappa shape index (κ2) is 5.81. The number of piperazine rings is 1. The Hall–Kier alpha value is -0.590. The van der Waals surface area contributed by atoms with Gasteiger partial charge in [0.05, 0.1) is 5.56 Å². The van der Waals surface area contributed by atoms with Gasteiger partial charge in [-0.05, 0) is 30.7 Å². The van der Waals surface area contributed by atoms with Gasteiger partial charge < -0.3 is 5.32 Å². The zero-order valence-corrected chi connectivity index (χ0v) is 12.2. The maximum Gasteiger partial charge on any atom is 0.416 e. The van der Waals surface area contributed by atoms with Crippen molar-refractivity contribution in [3.8, 4) is 0 Å². The minimum absolute atomic E-state index is 0.0289. The van der Waals surface area contributed by atoms with Gasteiger partial charge in [0.25, 0.3) is 0 Å². The van der Waals surface area contributed by atoms with Gasteiger partial charge in [0.2, 0.25) is 0 Å². The second-order valence-electron chi connectivity index (χ2n) is 4.70. The lowest BCUT2D eigenvalue weighted by Gasteiger charge is -2.33. The number of hydrogen-bond donors (Lipinski definition) is 1. The molecule has 1 heterocycles. The topological polar surface area (TPSA) is 15.3 Å². The summed E-state index contributed by atoms with van der Waals surface area (Å²) in [7, 11) is 0. The maximum absolute atomic E-state index is 12.8. The molecule has 1 aromatic carbocycles. The van der Waals surface area contributed by atoms with Gasteiger partial charge >= 0.3 is 6.18 Å². The van der Waals surface area contributed by atoms with Gasteiger partial charge in [-0.2, -0.15) is 13.2 Å². The lowest BCUT2D eigenvalue weighted by atomic mass is 10.0. The van der Waals surface area contributed by atoms with Gasteiger partial charge in [0.1, 0.15) is 0 Å². The largest absolute Gasteiger partial charge is 0.416 e. The molecular formula is C13H16BrF3N2. The fraction of sp³-hybridized carbons (Fsp3) is 0.538. The monoisotopic (exact) mass is 336 g/mol. The molecule has 1 saturated heterocycles. The standard InChI is InChI=1S/C13H16BrF3N2/c1-9(19-6-4-18-5-7-19)11-8-10(13(15,16)17)2-3-12(11)14/h2-3,8-9,18H,4-7H2,1H3/t9-/m1/s1. The van der Waals surface area contributed by atoms with Crippen LogP contribution in [0, 0.1) is 0 Å². The molecule has 2 rings (SSSR count). The number of halogens is 4. The first kappa shape index (κ1) is 14.8. The van der Waals surface area contributed by atoms with Gasteiger partial charge in [-0.1, -0.05) is 15.9 Å². The van der Waals surface area contributed by atoms with E-state index < -0.39 is 11.7 Å². The normalized spacial score (nSPS) is 19.4. The van der Waals surface area contributed by atoms with Gasteiger partial charge in [-0.3, -0.25) is 4.90 Å². The SMILES string of the molecule is C[C@H](c1cc(C(F)(F)F)ccc1Br)N1CCNCC1. The quantitative estimate of drug-likeness (QED) is 0.890. The molecule has 0 unspecified atom stereocenters. The van der Waals surface area contributed by atoms with Crippen molar-refractivity contribution in [2.24, 2.45) is 0 Å². The number of hydrogen-bond acceptors (Lipinski definition) is 2. The average Bonchev–Trinajstić information content (AvgIpc) is 2.38. The fourth-order valence-electron chi connectivity index (χ4n) is 2.31. The van der Waals surface area contributed by atoms with E-state index in [9.17, 15) is 13.2 Å². The molecule has 6 heteroatoms. The van der Waals surface area contributed by atoms with Gasteiger partial charge in [-0.15, -0.1) is 0 Å². The highest BCUT2D eigenvalue weighted by Gasteiger charge is 2.32. The summed E-state index contributed by atoms with van der Waals surface area (Å²) < 4.78 is 39.0. The minimum Gasteiger partial charge on any atom is -0.314 e. The Kier molecular flexibility index (Phi) is 4.53. The van der Waals surface area contributed by atoms with Crippen molar-refractivity contribution in [2.75, 3.05) is 26.2 Å². The number of benzene rings is 1. The molecule has 0 aromatic heterocycles. The van der Waals surface area contributed by atoms with E-state index in [2.05, 4.69) is 26.1 Å². The molecule has 1 atom stereocenters. The van der Waals surface area contributed by atoms with Crippen LogP contribution in [0.15, 0.2) is 22.7 Å². The Balaban J connectivity index is 2.27. The van der Waals surface area contributed by atoms with E-state index >= 15 is 0 Å². The lowest BCUT2D eigenvalue weighted by molar-refractivity contribution is -0.137. The van der Waals surface area contributed by atoms with Gasteiger partial charge in [0.15, 0.2) is 0 Å². The second-order valence-corrected chi connectivity index (χ2v) is 5.55. The molecule has 1 aromatic rings. The molecule has 0 bridgehead atoms. The molecule has 0 amide bonds. The maximum atomic E-state index is 12.8. The summed E-state index contributed by atoms with van der Waals surface area (Å²) in [4.78, 5) is 2.19. The molecule has 1 fully saturated rings. The highest BCUT2D eigenvalue weighted by molar-refractivity contribution is 9.10. The van der Waals surface area contributed by atoms with E-state index in [1.165, 1.54) is 12.1 Å². The molecule has 0 radical (unpaired) electrons. The van der Waals surface area contributed by atoms with E-state index in [0.717, 1.165) is 36.7 Å². The minimum atomic E-state index is -4.29. The molecule has 0 aliphatic carbocycles. The van der Waals surface area contributed by atoms with Crippen molar-refractivity contribution in [2.45, 2.75) is 19.1 Å². The molecule has 1 N–H and O–H groups in total. The Morgan fingerprint density at radius 1 is 1.26 bits per heavy atom. The average molecular weight is 337 g/mol. The number of nitrogens with one attached hydrogen (secondary N) is 1. The van der Waals surface area contributed by atoms with E-state index in [0.29, 0.717) is 5.56 Å².